The molecule has 2 aromatic heterocycles. The molecule has 0 N–H and O–H groups in total. The van der Waals surface area contributed by atoms with Gasteiger partial charge in [0.1, 0.15) is 11.6 Å². The average Bonchev–Trinajstić information content (AvgIpc) is 3.35. The summed E-state index contributed by atoms with van der Waals surface area (Å²) in [7, 11) is 0. The van der Waals surface area contributed by atoms with Crippen LogP contribution in [0.15, 0.2) is 40.9 Å². The third-order valence-electron chi connectivity index (χ3n) is 5.22. The average molecular weight is 460 g/mol. The molecule has 0 aliphatic heterocycles. The van der Waals surface area contributed by atoms with Crippen molar-refractivity contribution in [1.82, 2.24) is 14.7 Å². The van der Waals surface area contributed by atoms with E-state index in [2.05, 4.69) is 15.0 Å². The van der Waals surface area contributed by atoms with E-state index in [0.29, 0.717) is 18.2 Å². The fourth-order valence-corrected chi connectivity index (χ4v) is 3.77. The Labute approximate surface area is 185 Å². The zero-order chi connectivity index (χ0) is 23.8. The molecule has 0 spiro atoms. The number of aryl methyl sites for hydroxylation is 1. The normalized spacial score (nSPS) is 11.8. The van der Waals surface area contributed by atoms with Gasteiger partial charge >= 0.3 is 6.18 Å². The number of aromatic nitrogens is 3. The molecule has 0 radical (unpaired) electrons. The SMILES string of the molecule is [C-]#[N+]c1ccc2c(cc(CCCC)n2Cc2noc(-c3cc(F)cc(F)c3)n2)c1C(F)(F)F. The van der Waals surface area contributed by atoms with Crippen LogP contribution < -0.4 is 0 Å². The third-order valence-corrected chi connectivity index (χ3v) is 5.22. The van der Waals surface area contributed by atoms with Crippen LogP contribution >= 0.6 is 0 Å². The van der Waals surface area contributed by atoms with E-state index in [4.69, 9.17) is 11.1 Å². The smallest absolute Gasteiger partial charge is 0.337 e. The number of hydrogen-bond acceptors (Lipinski definition) is 3. The first kappa shape index (κ1) is 22.5. The van der Waals surface area contributed by atoms with Crippen molar-refractivity contribution >= 4 is 16.6 Å². The van der Waals surface area contributed by atoms with E-state index in [9.17, 15) is 22.0 Å². The van der Waals surface area contributed by atoms with Crippen molar-refractivity contribution in [2.45, 2.75) is 38.9 Å². The number of nitrogens with zero attached hydrogens (tertiary/aromatic N) is 4. The van der Waals surface area contributed by atoms with Gasteiger partial charge in [-0.2, -0.15) is 18.2 Å². The van der Waals surface area contributed by atoms with Crippen LogP contribution in [0.1, 0.15) is 36.8 Å². The summed E-state index contributed by atoms with van der Waals surface area (Å²) in [6.45, 7) is 9.09. The van der Waals surface area contributed by atoms with Gasteiger partial charge in [-0.05, 0) is 37.1 Å². The molecule has 0 unspecified atom stereocenters. The summed E-state index contributed by atoms with van der Waals surface area (Å²) in [4.78, 5) is 7.21. The van der Waals surface area contributed by atoms with E-state index < -0.39 is 29.1 Å². The second-order valence-electron chi connectivity index (χ2n) is 7.50. The van der Waals surface area contributed by atoms with Crippen LogP contribution in [0.2, 0.25) is 0 Å². The van der Waals surface area contributed by atoms with Gasteiger partial charge in [0, 0.05) is 28.2 Å². The maximum Gasteiger partial charge on any atom is 0.408 e. The quantitative estimate of drug-likeness (QED) is 0.232. The van der Waals surface area contributed by atoms with Gasteiger partial charge in [0.05, 0.1) is 18.7 Å². The molecule has 10 heteroatoms. The van der Waals surface area contributed by atoms with Crippen molar-refractivity contribution in [1.29, 1.82) is 0 Å². The Bertz CT molecular complexity index is 1340. The Balaban J connectivity index is 1.80. The number of fused-ring (bicyclic) bond motifs is 1. The monoisotopic (exact) mass is 460 g/mol. The molecule has 5 nitrogen and oxygen atoms in total. The van der Waals surface area contributed by atoms with Crippen LogP contribution in [0.4, 0.5) is 27.6 Å². The zero-order valence-electron chi connectivity index (χ0n) is 17.4. The number of halogens is 5. The molecule has 170 valence electrons. The maximum atomic E-state index is 13.8. The van der Waals surface area contributed by atoms with Crippen molar-refractivity contribution in [3.05, 3.63) is 76.5 Å². The minimum absolute atomic E-state index is 0.0154. The minimum atomic E-state index is -4.70. The molecule has 33 heavy (non-hydrogen) atoms. The van der Waals surface area contributed by atoms with Gasteiger partial charge in [-0.1, -0.05) is 24.6 Å². The number of unbranched alkanes of at least 4 members (excludes halogenated alkanes) is 1. The highest BCUT2D eigenvalue weighted by Gasteiger charge is 2.36. The fourth-order valence-electron chi connectivity index (χ4n) is 3.77. The van der Waals surface area contributed by atoms with E-state index in [1.54, 1.807) is 4.57 Å². The first-order chi connectivity index (χ1) is 15.7. The summed E-state index contributed by atoms with van der Waals surface area (Å²) >= 11 is 0. The van der Waals surface area contributed by atoms with Gasteiger partial charge in [0.2, 0.25) is 0 Å². The topological polar surface area (TPSA) is 48.2 Å². The Morgan fingerprint density at radius 2 is 1.82 bits per heavy atom. The fraction of sp³-hybridized carbons (Fsp3) is 0.261. The van der Waals surface area contributed by atoms with Crippen molar-refractivity contribution in [3.8, 4) is 11.5 Å². The first-order valence-electron chi connectivity index (χ1n) is 10.1. The lowest BCUT2D eigenvalue weighted by Gasteiger charge is -2.12. The van der Waals surface area contributed by atoms with Crippen molar-refractivity contribution in [2.75, 3.05) is 0 Å². The minimum Gasteiger partial charge on any atom is -0.337 e. The molecule has 4 aromatic rings. The van der Waals surface area contributed by atoms with Crippen molar-refractivity contribution < 1.29 is 26.5 Å². The van der Waals surface area contributed by atoms with Crippen LogP contribution in [0.25, 0.3) is 27.2 Å². The summed E-state index contributed by atoms with van der Waals surface area (Å²) in [6, 6.07) is 6.86. The van der Waals surface area contributed by atoms with Crippen LogP contribution in [-0.4, -0.2) is 14.7 Å². The molecule has 0 aliphatic carbocycles. The summed E-state index contributed by atoms with van der Waals surface area (Å²) in [6.07, 6.45) is -2.62. The van der Waals surface area contributed by atoms with Gasteiger partial charge in [-0.3, -0.25) is 0 Å². The Kier molecular flexibility index (Phi) is 5.89. The Morgan fingerprint density at radius 3 is 2.45 bits per heavy atom. The largest absolute Gasteiger partial charge is 0.408 e. The number of alkyl halides is 3. The highest BCUT2D eigenvalue weighted by molar-refractivity contribution is 5.90. The second-order valence-corrected chi connectivity index (χ2v) is 7.50. The van der Waals surface area contributed by atoms with Gasteiger partial charge in [0.15, 0.2) is 11.5 Å². The predicted octanol–water partition coefficient (Wildman–Crippen LogP) is 6.93. The molecule has 0 saturated carbocycles. The lowest BCUT2D eigenvalue weighted by atomic mass is 10.1. The van der Waals surface area contributed by atoms with Gasteiger partial charge in [-0.25, -0.2) is 13.6 Å². The molecule has 0 saturated heterocycles. The lowest BCUT2D eigenvalue weighted by molar-refractivity contribution is -0.135. The number of benzene rings is 2. The predicted molar refractivity (Wildman–Crippen MR) is 111 cm³/mol. The summed E-state index contributed by atoms with van der Waals surface area (Å²) < 4.78 is 75.2. The molecular formula is C23H17F5N4O. The molecule has 0 amide bonds. The standard InChI is InChI=1S/C23H17F5N4O/c1-3-4-5-16-11-17-19(7-6-18(29-2)21(17)23(26,27)28)32(16)12-20-30-22(33-31-20)13-8-14(24)10-15(25)9-13/h6-11H,3-5,12H2,1H3. The molecular weight excluding hydrogens is 443 g/mol. The van der Waals surface area contributed by atoms with Crippen molar-refractivity contribution in [3.63, 3.8) is 0 Å². The van der Waals surface area contributed by atoms with Crippen molar-refractivity contribution in [2.24, 2.45) is 0 Å². The molecule has 0 atom stereocenters. The van der Waals surface area contributed by atoms with E-state index in [1.165, 1.54) is 12.1 Å². The number of rotatable bonds is 6. The molecule has 0 fully saturated rings. The van der Waals surface area contributed by atoms with Crippen LogP contribution in [-0.2, 0) is 19.1 Å². The summed E-state index contributed by atoms with van der Waals surface area (Å²) in [5.74, 6) is -1.59. The summed E-state index contributed by atoms with van der Waals surface area (Å²) in [5, 5.41) is 3.77. The Morgan fingerprint density at radius 1 is 1.09 bits per heavy atom. The Hall–Kier alpha value is -3.74. The number of hydrogen-bond donors (Lipinski definition) is 0. The molecule has 0 aliphatic rings. The molecule has 4 rings (SSSR count). The van der Waals surface area contributed by atoms with E-state index in [0.717, 1.165) is 31.0 Å². The van der Waals surface area contributed by atoms with Crippen LogP contribution in [0.5, 0.6) is 0 Å². The van der Waals surface area contributed by atoms with Gasteiger partial charge in [-0.15, -0.1) is 0 Å². The van der Waals surface area contributed by atoms with Gasteiger partial charge < -0.3 is 9.09 Å². The molecule has 2 aromatic carbocycles. The van der Waals surface area contributed by atoms with Gasteiger partial charge in [0.25, 0.3) is 5.89 Å². The summed E-state index contributed by atoms with van der Waals surface area (Å²) in [5.41, 5.74) is -0.484. The van der Waals surface area contributed by atoms with Crippen LogP contribution in [0, 0.1) is 18.2 Å². The molecule has 2 heterocycles. The lowest BCUT2D eigenvalue weighted by Crippen LogP contribution is -2.07. The van der Waals surface area contributed by atoms with E-state index in [1.807, 2.05) is 6.92 Å². The van der Waals surface area contributed by atoms with Crippen LogP contribution in [0.3, 0.4) is 0 Å². The maximum absolute atomic E-state index is 13.8. The van der Waals surface area contributed by atoms with E-state index >= 15 is 0 Å². The highest BCUT2D eigenvalue weighted by Crippen LogP contribution is 2.42. The second kappa shape index (κ2) is 8.65. The molecule has 0 bridgehead atoms. The highest BCUT2D eigenvalue weighted by atomic mass is 19.4. The zero-order valence-corrected chi connectivity index (χ0v) is 17.4. The third kappa shape index (κ3) is 4.44. The van der Waals surface area contributed by atoms with E-state index in [-0.39, 0.29) is 34.7 Å². The first-order valence-corrected chi connectivity index (χ1v) is 10.1.